The molecule has 1 heterocycles. The number of ether oxygens (including phenoxy) is 1. The van der Waals surface area contributed by atoms with Crippen LogP contribution < -0.4 is 0 Å². The van der Waals surface area contributed by atoms with E-state index < -0.39 is 0 Å². The van der Waals surface area contributed by atoms with Crippen molar-refractivity contribution in [3.63, 3.8) is 0 Å². The summed E-state index contributed by atoms with van der Waals surface area (Å²) in [5, 5.41) is 0. The van der Waals surface area contributed by atoms with E-state index in [9.17, 15) is 0 Å². The molecule has 46 valence electrons. The highest BCUT2D eigenvalue weighted by Gasteiger charge is 2.18. The third-order valence-electron chi connectivity index (χ3n) is 1.56. The van der Waals surface area contributed by atoms with Crippen molar-refractivity contribution >= 4 is 0 Å². The zero-order valence-electron chi connectivity index (χ0n) is 5.26. The first-order chi connectivity index (χ1) is 3.83. The van der Waals surface area contributed by atoms with Gasteiger partial charge in [-0.3, -0.25) is 0 Å². The summed E-state index contributed by atoms with van der Waals surface area (Å²) in [5.41, 5.74) is 0. The fraction of sp³-hybridized carbons (Fsp3) is 0.714. The van der Waals surface area contributed by atoms with Crippen molar-refractivity contribution in [2.24, 2.45) is 5.92 Å². The van der Waals surface area contributed by atoms with Gasteiger partial charge in [0.25, 0.3) is 0 Å². The first kappa shape index (κ1) is 5.83. The van der Waals surface area contributed by atoms with Crippen molar-refractivity contribution in [1.29, 1.82) is 0 Å². The summed E-state index contributed by atoms with van der Waals surface area (Å²) >= 11 is 0. The molecule has 1 heteroatoms. The second kappa shape index (κ2) is 2.31. The summed E-state index contributed by atoms with van der Waals surface area (Å²) in [6.07, 6.45) is 3.59. The molecule has 0 spiro atoms. The maximum atomic E-state index is 5.29. The maximum absolute atomic E-state index is 5.29. The topological polar surface area (TPSA) is 9.23 Å². The first-order valence-electron chi connectivity index (χ1n) is 3.07. The van der Waals surface area contributed by atoms with Crippen LogP contribution in [0.25, 0.3) is 0 Å². The van der Waals surface area contributed by atoms with Crippen molar-refractivity contribution in [3.05, 3.63) is 12.7 Å². The Bertz CT molecular complexity index is 88.4. The number of rotatable bonds is 1. The smallest absolute Gasteiger partial charge is 0.0553 e. The van der Waals surface area contributed by atoms with E-state index in [-0.39, 0.29) is 0 Å². The molecule has 1 aliphatic rings. The van der Waals surface area contributed by atoms with E-state index in [2.05, 4.69) is 13.5 Å². The molecule has 0 aromatic carbocycles. The lowest BCUT2D eigenvalue weighted by atomic mass is 10.1. The van der Waals surface area contributed by atoms with E-state index >= 15 is 0 Å². The molecule has 0 aromatic heterocycles. The average Bonchev–Trinajstić information content (AvgIpc) is 2.14. The molecule has 0 bridgehead atoms. The summed E-state index contributed by atoms with van der Waals surface area (Å²) in [7, 11) is 0. The molecule has 1 aliphatic heterocycles. The number of hydrogen-bond acceptors (Lipinski definition) is 1. The third-order valence-corrected chi connectivity index (χ3v) is 1.56. The Kier molecular flexibility index (Phi) is 1.69. The fourth-order valence-corrected chi connectivity index (χ4v) is 1.01. The van der Waals surface area contributed by atoms with Gasteiger partial charge < -0.3 is 4.74 Å². The Balaban J connectivity index is 2.32. The Morgan fingerprint density at radius 1 is 1.75 bits per heavy atom. The fourth-order valence-electron chi connectivity index (χ4n) is 1.01. The van der Waals surface area contributed by atoms with Crippen LogP contribution in [0.1, 0.15) is 13.3 Å². The van der Waals surface area contributed by atoms with Crippen molar-refractivity contribution in [1.82, 2.24) is 0 Å². The lowest BCUT2D eigenvalue weighted by Crippen LogP contribution is -1.94. The minimum Gasteiger partial charge on any atom is -0.378 e. The molecule has 1 nitrogen and oxygen atoms in total. The van der Waals surface area contributed by atoms with Crippen LogP contribution in [-0.4, -0.2) is 12.7 Å². The summed E-state index contributed by atoms with van der Waals surface area (Å²) in [4.78, 5) is 0. The van der Waals surface area contributed by atoms with Gasteiger partial charge in [-0.05, 0) is 13.3 Å². The molecule has 1 rings (SSSR count). The second-order valence-electron chi connectivity index (χ2n) is 2.38. The van der Waals surface area contributed by atoms with Crippen molar-refractivity contribution < 1.29 is 4.74 Å². The van der Waals surface area contributed by atoms with Gasteiger partial charge in [0.2, 0.25) is 0 Å². The highest BCUT2D eigenvalue weighted by atomic mass is 16.5. The lowest BCUT2D eigenvalue weighted by Gasteiger charge is -1.95. The Morgan fingerprint density at radius 3 is 2.75 bits per heavy atom. The summed E-state index contributed by atoms with van der Waals surface area (Å²) in [6, 6.07) is 0. The molecule has 0 N–H and O–H groups in total. The van der Waals surface area contributed by atoms with Crippen LogP contribution in [0, 0.1) is 5.92 Å². The molecule has 1 saturated heterocycles. The minimum absolute atomic E-state index is 0.456. The van der Waals surface area contributed by atoms with E-state index in [0.29, 0.717) is 12.0 Å². The van der Waals surface area contributed by atoms with Crippen LogP contribution in [0.15, 0.2) is 12.7 Å². The zero-order valence-corrected chi connectivity index (χ0v) is 5.26. The van der Waals surface area contributed by atoms with Gasteiger partial charge in [0, 0.05) is 5.92 Å². The molecule has 0 unspecified atom stereocenters. The SMILES string of the molecule is C=C[C@@H]1CO[C@@H](C)C1. The van der Waals surface area contributed by atoms with Gasteiger partial charge in [-0.25, -0.2) is 0 Å². The van der Waals surface area contributed by atoms with Crippen LogP contribution in [0.4, 0.5) is 0 Å². The molecule has 0 radical (unpaired) electrons. The van der Waals surface area contributed by atoms with Crippen LogP contribution >= 0.6 is 0 Å². The molecule has 1 fully saturated rings. The van der Waals surface area contributed by atoms with Gasteiger partial charge in [-0.2, -0.15) is 0 Å². The standard InChI is InChI=1S/C7H12O/c1-3-7-4-6(2)8-5-7/h3,6-7H,1,4-5H2,2H3/t6-,7-/m0/s1. The van der Waals surface area contributed by atoms with E-state index in [4.69, 9.17) is 4.74 Å². The predicted molar refractivity (Wildman–Crippen MR) is 33.7 cm³/mol. The van der Waals surface area contributed by atoms with E-state index in [1.54, 1.807) is 0 Å². The Labute approximate surface area is 50.3 Å². The molecule has 0 aliphatic carbocycles. The molecular weight excluding hydrogens is 100 g/mol. The van der Waals surface area contributed by atoms with Gasteiger partial charge in [-0.15, -0.1) is 6.58 Å². The number of hydrogen-bond donors (Lipinski definition) is 0. The van der Waals surface area contributed by atoms with Gasteiger partial charge in [0.1, 0.15) is 0 Å². The van der Waals surface area contributed by atoms with E-state index in [1.807, 2.05) is 6.08 Å². The minimum atomic E-state index is 0.456. The normalized spacial score (nSPS) is 37.6. The van der Waals surface area contributed by atoms with E-state index in [0.717, 1.165) is 13.0 Å². The van der Waals surface area contributed by atoms with Crippen LogP contribution in [-0.2, 0) is 4.74 Å². The third kappa shape index (κ3) is 1.10. The highest BCUT2D eigenvalue weighted by molar-refractivity contribution is 4.84. The molecule has 2 atom stereocenters. The maximum Gasteiger partial charge on any atom is 0.0553 e. The Hall–Kier alpha value is -0.300. The monoisotopic (exact) mass is 112 g/mol. The van der Waals surface area contributed by atoms with E-state index in [1.165, 1.54) is 0 Å². The molecular formula is C7H12O. The van der Waals surface area contributed by atoms with Crippen LogP contribution in [0.5, 0.6) is 0 Å². The van der Waals surface area contributed by atoms with Crippen LogP contribution in [0.3, 0.4) is 0 Å². The highest BCUT2D eigenvalue weighted by Crippen LogP contribution is 2.18. The van der Waals surface area contributed by atoms with Gasteiger partial charge >= 0.3 is 0 Å². The van der Waals surface area contributed by atoms with Gasteiger partial charge in [-0.1, -0.05) is 6.08 Å². The molecule has 0 amide bonds. The van der Waals surface area contributed by atoms with Crippen molar-refractivity contribution in [2.45, 2.75) is 19.4 Å². The summed E-state index contributed by atoms with van der Waals surface area (Å²) in [6.45, 7) is 6.68. The Morgan fingerprint density at radius 2 is 2.50 bits per heavy atom. The molecule has 0 saturated carbocycles. The zero-order chi connectivity index (χ0) is 5.98. The lowest BCUT2D eigenvalue weighted by molar-refractivity contribution is 0.122. The molecule has 0 aromatic rings. The van der Waals surface area contributed by atoms with Crippen molar-refractivity contribution in [2.75, 3.05) is 6.61 Å². The van der Waals surface area contributed by atoms with Gasteiger partial charge in [0.15, 0.2) is 0 Å². The first-order valence-corrected chi connectivity index (χ1v) is 3.07. The quantitative estimate of drug-likeness (QED) is 0.468. The largest absolute Gasteiger partial charge is 0.378 e. The summed E-state index contributed by atoms with van der Waals surface area (Å²) < 4.78 is 5.29. The second-order valence-corrected chi connectivity index (χ2v) is 2.38. The van der Waals surface area contributed by atoms with Gasteiger partial charge in [0.05, 0.1) is 12.7 Å². The summed E-state index contributed by atoms with van der Waals surface area (Å²) in [5.74, 6) is 0.616. The van der Waals surface area contributed by atoms with Crippen molar-refractivity contribution in [3.8, 4) is 0 Å². The van der Waals surface area contributed by atoms with Crippen LogP contribution in [0.2, 0.25) is 0 Å². The molecule has 8 heavy (non-hydrogen) atoms. The average molecular weight is 112 g/mol. The predicted octanol–water partition coefficient (Wildman–Crippen LogP) is 1.60.